The van der Waals surface area contributed by atoms with Gasteiger partial charge in [-0.1, -0.05) is 0 Å². The van der Waals surface area contributed by atoms with Gasteiger partial charge >= 0.3 is 0 Å². The maximum atomic E-state index is 4.60. The van der Waals surface area contributed by atoms with Crippen LogP contribution >= 0.6 is 11.3 Å². The number of hydrogen-bond acceptors (Lipinski definition) is 3. The molecule has 2 aromatic heterocycles. The summed E-state index contributed by atoms with van der Waals surface area (Å²) in [5, 5.41) is 6.49. The summed E-state index contributed by atoms with van der Waals surface area (Å²) in [7, 11) is 1.98. The molecular weight excluding hydrogens is 206 g/mol. The standard InChI is InChI=1S/C11H15N3S/c1-12-5-2-3-11-14-10(8-15-11)9-4-6-13-7-9/h4,6-8,12-13H,2-3,5H2,1H3. The fraction of sp³-hybridized carbons (Fsp3) is 0.364. The zero-order chi connectivity index (χ0) is 10.5. The molecule has 80 valence electrons. The third kappa shape index (κ3) is 2.67. The lowest BCUT2D eigenvalue weighted by atomic mass is 10.3. The van der Waals surface area contributed by atoms with Crippen molar-refractivity contribution in [1.29, 1.82) is 0 Å². The number of nitrogens with zero attached hydrogens (tertiary/aromatic N) is 1. The minimum absolute atomic E-state index is 1.05. The van der Waals surface area contributed by atoms with Gasteiger partial charge in [-0.3, -0.25) is 0 Å². The first-order chi connectivity index (χ1) is 7.40. The van der Waals surface area contributed by atoms with Crippen LogP contribution in [0.4, 0.5) is 0 Å². The molecule has 0 spiro atoms. The number of aryl methyl sites for hydroxylation is 1. The van der Waals surface area contributed by atoms with Crippen molar-refractivity contribution >= 4 is 11.3 Å². The average molecular weight is 221 g/mol. The molecule has 15 heavy (non-hydrogen) atoms. The van der Waals surface area contributed by atoms with Crippen molar-refractivity contribution in [3.8, 4) is 11.3 Å². The zero-order valence-corrected chi connectivity index (χ0v) is 9.60. The fourth-order valence-electron chi connectivity index (χ4n) is 1.46. The van der Waals surface area contributed by atoms with Gasteiger partial charge in [0, 0.05) is 29.8 Å². The number of hydrogen-bond donors (Lipinski definition) is 2. The minimum atomic E-state index is 1.05. The number of aromatic amines is 1. The van der Waals surface area contributed by atoms with E-state index in [1.54, 1.807) is 11.3 Å². The normalized spacial score (nSPS) is 10.7. The number of rotatable bonds is 5. The molecule has 2 rings (SSSR count). The number of thiazole rings is 1. The quantitative estimate of drug-likeness (QED) is 0.761. The molecule has 0 fully saturated rings. The van der Waals surface area contributed by atoms with Crippen molar-refractivity contribution in [2.45, 2.75) is 12.8 Å². The molecule has 2 heterocycles. The summed E-state index contributed by atoms with van der Waals surface area (Å²) in [5.74, 6) is 0. The summed E-state index contributed by atoms with van der Waals surface area (Å²) in [4.78, 5) is 7.64. The Morgan fingerprint density at radius 2 is 2.47 bits per heavy atom. The van der Waals surface area contributed by atoms with Crippen LogP contribution in [0.1, 0.15) is 11.4 Å². The average Bonchev–Trinajstić information content (AvgIpc) is 2.87. The van der Waals surface area contributed by atoms with Crippen molar-refractivity contribution in [2.75, 3.05) is 13.6 Å². The smallest absolute Gasteiger partial charge is 0.0933 e. The van der Waals surface area contributed by atoms with E-state index in [0.29, 0.717) is 0 Å². The van der Waals surface area contributed by atoms with E-state index in [0.717, 1.165) is 25.1 Å². The highest BCUT2D eigenvalue weighted by molar-refractivity contribution is 7.09. The van der Waals surface area contributed by atoms with Gasteiger partial charge in [0.25, 0.3) is 0 Å². The van der Waals surface area contributed by atoms with E-state index >= 15 is 0 Å². The first kappa shape index (κ1) is 10.4. The largest absolute Gasteiger partial charge is 0.367 e. The van der Waals surface area contributed by atoms with Crippen molar-refractivity contribution in [3.63, 3.8) is 0 Å². The molecule has 0 saturated heterocycles. The Hall–Kier alpha value is -1.13. The summed E-state index contributed by atoms with van der Waals surface area (Å²) in [6.45, 7) is 1.05. The monoisotopic (exact) mass is 221 g/mol. The number of aromatic nitrogens is 2. The molecule has 0 aliphatic carbocycles. The molecule has 0 atom stereocenters. The van der Waals surface area contributed by atoms with Gasteiger partial charge < -0.3 is 10.3 Å². The second-order valence-corrected chi connectivity index (χ2v) is 4.38. The maximum absolute atomic E-state index is 4.60. The van der Waals surface area contributed by atoms with Crippen molar-refractivity contribution in [3.05, 3.63) is 28.8 Å². The van der Waals surface area contributed by atoms with Gasteiger partial charge in [0.1, 0.15) is 0 Å². The lowest BCUT2D eigenvalue weighted by molar-refractivity contribution is 0.722. The molecule has 2 aromatic rings. The van der Waals surface area contributed by atoms with Crippen LogP contribution in [0.5, 0.6) is 0 Å². The van der Waals surface area contributed by atoms with Gasteiger partial charge in [0.15, 0.2) is 0 Å². The lowest BCUT2D eigenvalue weighted by Crippen LogP contribution is -2.08. The van der Waals surface area contributed by atoms with Gasteiger partial charge in [0.2, 0.25) is 0 Å². The SMILES string of the molecule is CNCCCc1nc(-c2cc[nH]c2)cs1. The van der Waals surface area contributed by atoms with E-state index < -0.39 is 0 Å². The molecule has 0 saturated carbocycles. The van der Waals surface area contributed by atoms with Crippen molar-refractivity contribution < 1.29 is 0 Å². The molecule has 2 N–H and O–H groups in total. The number of H-pyrrole nitrogens is 1. The molecule has 0 bridgehead atoms. The molecule has 0 aromatic carbocycles. The highest BCUT2D eigenvalue weighted by Gasteiger charge is 2.03. The van der Waals surface area contributed by atoms with E-state index in [1.165, 1.54) is 10.6 Å². The van der Waals surface area contributed by atoms with Gasteiger partial charge in [-0.25, -0.2) is 4.98 Å². The maximum Gasteiger partial charge on any atom is 0.0933 e. The summed E-state index contributed by atoms with van der Waals surface area (Å²) in [6.07, 6.45) is 6.12. The Morgan fingerprint density at radius 1 is 1.53 bits per heavy atom. The van der Waals surface area contributed by atoms with E-state index in [1.807, 2.05) is 25.5 Å². The molecule has 0 radical (unpaired) electrons. The lowest BCUT2D eigenvalue weighted by Gasteiger charge is -1.95. The highest BCUT2D eigenvalue weighted by atomic mass is 32.1. The van der Waals surface area contributed by atoms with Crippen LogP contribution in [-0.4, -0.2) is 23.6 Å². The fourth-order valence-corrected chi connectivity index (χ4v) is 2.31. The zero-order valence-electron chi connectivity index (χ0n) is 8.79. The van der Waals surface area contributed by atoms with E-state index in [-0.39, 0.29) is 0 Å². The predicted octanol–water partition coefficient (Wildman–Crippen LogP) is 2.29. The summed E-state index contributed by atoms with van der Waals surface area (Å²) >= 11 is 1.75. The molecule has 4 heteroatoms. The number of nitrogens with one attached hydrogen (secondary N) is 2. The topological polar surface area (TPSA) is 40.7 Å². The molecule has 0 aliphatic heterocycles. The Bertz CT molecular complexity index is 392. The van der Waals surface area contributed by atoms with Crippen LogP contribution < -0.4 is 5.32 Å². The Morgan fingerprint density at radius 3 is 3.20 bits per heavy atom. The Kier molecular flexibility index (Phi) is 3.53. The summed E-state index contributed by atoms with van der Waals surface area (Å²) in [6, 6.07) is 2.05. The third-order valence-corrected chi connectivity index (χ3v) is 3.17. The minimum Gasteiger partial charge on any atom is -0.367 e. The van der Waals surface area contributed by atoms with Gasteiger partial charge in [-0.05, 0) is 26.1 Å². The van der Waals surface area contributed by atoms with E-state index in [2.05, 4.69) is 20.7 Å². The molecule has 0 amide bonds. The summed E-state index contributed by atoms with van der Waals surface area (Å²) in [5.41, 5.74) is 2.26. The summed E-state index contributed by atoms with van der Waals surface area (Å²) < 4.78 is 0. The van der Waals surface area contributed by atoms with E-state index in [9.17, 15) is 0 Å². The third-order valence-electron chi connectivity index (χ3n) is 2.26. The Balaban J connectivity index is 1.98. The van der Waals surface area contributed by atoms with Crippen molar-refractivity contribution in [2.24, 2.45) is 0 Å². The molecular formula is C11H15N3S. The Labute approximate surface area is 93.6 Å². The molecule has 3 nitrogen and oxygen atoms in total. The van der Waals surface area contributed by atoms with Gasteiger partial charge in [-0.2, -0.15) is 0 Å². The van der Waals surface area contributed by atoms with Crippen LogP contribution in [0.25, 0.3) is 11.3 Å². The highest BCUT2D eigenvalue weighted by Crippen LogP contribution is 2.21. The second-order valence-electron chi connectivity index (χ2n) is 3.43. The molecule has 0 aliphatic rings. The van der Waals surface area contributed by atoms with E-state index in [4.69, 9.17) is 0 Å². The van der Waals surface area contributed by atoms with Crippen LogP contribution in [-0.2, 0) is 6.42 Å². The van der Waals surface area contributed by atoms with Gasteiger partial charge in [0.05, 0.1) is 10.7 Å². The van der Waals surface area contributed by atoms with Crippen LogP contribution in [0.15, 0.2) is 23.8 Å². The first-order valence-electron chi connectivity index (χ1n) is 5.12. The van der Waals surface area contributed by atoms with Crippen LogP contribution in [0, 0.1) is 0 Å². The first-order valence-corrected chi connectivity index (χ1v) is 6.00. The van der Waals surface area contributed by atoms with Crippen LogP contribution in [0.2, 0.25) is 0 Å². The molecule has 0 unspecified atom stereocenters. The van der Waals surface area contributed by atoms with Crippen molar-refractivity contribution in [1.82, 2.24) is 15.3 Å². The second kappa shape index (κ2) is 5.09. The van der Waals surface area contributed by atoms with Crippen LogP contribution in [0.3, 0.4) is 0 Å². The predicted molar refractivity (Wildman–Crippen MR) is 64.1 cm³/mol. The van der Waals surface area contributed by atoms with Gasteiger partial charge in [-0.15, -0.1) is 11.3 Å².